The molecular weight excluding hydrogens is 256 g/mol. The molecule has 3 rings (SSSR count). The van der Waals surface area contributed by atoms with Gasteiger partial charge in [0.1, 0.15) is 6.61 Å². The second-order valence-corrected chi connectivity index (χ2v) is 6.44. The van der Waals surface area contributed by atoms with Crippen molar-refractivity contribution in [3.05, 3.63) is 0 Å². The van der Waals surface area contributed by atoms with Gasteiger partial charge in [-0.25, -0.2) is 0 Å². The number of nitrogens with zero attached hydrogens (tertiary/aromatic N) is 2. The number of aliphatic hydroxyl groups excluding tert-OH is 1. The van der Waals surface area contributed by atoms with Gasteiger partial charge in [0.05, 0.1) is 12.7 Å². The lowest BCUT2D eigenvalue weighted by atomic mass is 10.1. The van der Waals surface area contributed by atoms with Crippen molar-refractivity contribution in [2.24, 2.45) is 5.92 Å². The van der Waals surface area contributed by atoms with Gasteiger partial charge in [-0.1, -0.05) is 0 Å². The molecule has 1 amide bonds. The number of piperazine rings is 1. The summed E-state index contributed by atoms with van der Waals surface area (Å²) >= 11 is 0. The number of ether oxygens (including phenoxy) is 1. The maximum atomic E-state index is 12.0. The number of amides is 1. The highest BCUT2D eigenvalue weighted by Gasteiger charge is 2.33. The molecule has 114 valence electrons. The summed E-state index contributed by atoms with van der Waals surface area (Å²) in [6.45, 7) is 4.30. The molecule has 0 spiro atoms. The summed E-state index contributed by atoms with van der Waals surface area (Å²) in [5, 5.41) is 9.95. The Morgan fingerprint density at radius 3 is 2.45 bits per heavy atom. The van der Waals surface area contributed by atoms with E-state index in [2.05, 4.69) is 4.90 Å². The Morgan fingerprint density at radius 2 is 1.85 bits per heavy atom. The van der Waals surface area contributed by atoms with E-state index in [1.807, 2.05) is 4.90 Å². The van der Waals surface area contributed by atoms with Crippen molar-refractivity contribution in [2.75, 3.05) is 39.4 Å². The van der Waals surface area contributed by atoms with E-state index in [1.165, 1.54) is 12.8 Å². The number of hydrogen-bond acceptors (Lipinski definition) is 4. The van der Waals surface area contributed by atoms with Gasteiger partial charge in [-0.05, 0) is 38.0 Å². The third-order valence-corrected chi connectivity index (χ3v) is 4.86. The first-order chi connectivity index (χ1) is 9.74. The summed E-state index contributed by atoms with van der Waals surface area (Å²) in [6.07, 6.45) is 5.50. The van der Waals surface area contributed by atoms with Crippen LogP contribution in [0, 0.1) is 5.92 Å². The van der Waals surface area contributed by atoms with Crippen LogP contribution in [0.5, 0.6) is 0 Å². The van der Waals surface area contributed by atoms with Crippen LogP contribution in [-0.2, 0) is 9.53 Å². The second kappa shape index (κ2) is 6.41. The predicted molar refractivity (Wildman–Crippen MR) is 75.3 cm³/mol. The number of carbonyl (C=O) groups excluding carboxylic acids is 1. The van der Waals surface area contributed by atoms with Gasteiger partial charge in [0.2, 0.25) is 5.91 Å². The van der Waals surface area contributed by atoms with E-state index < -0.39 is 0 Å². The minimum Gasteiger partial charge on any atom is -0.391 e. The summed E-state index contributed by atoms with van der Waals surface area (Å²) in [5.41, 5.74) is 0. The lowest BCUT2D eigenvalue weighted by Crippen LogP contribution is -2.54. The average molecular weight is 282 g/mol. The summed E-state index contributed by atoms with van der Waals surface area (Å²) in [6, 6.07) is 0.318. The van der Waals surface area contributed by atoms with Crippen LogP contribution in [0.4, 0.5) is 0 Å². The van der Waals surface area contributed by atoms with E-state index in [0.717, 1.165) is 52.0 Å². The highest BCUT2D eigenvalue weighted by atomic mass is 16.5. The van der Waals surface area contributed by atoms with E-state index in [-0.39, 0.29) is 18.6 Å². The van der Waals surface area contributed by atoms with Crippen LogP contribution < -0.4 is 0 Å². The van der Waals surface area contributed by atoms with Crippen molar-refractivity contribution in [3.63, 3.8) is 0 Å². The van der Waals surface area contributed by atoms with Crippen LogP contribution in [0.3, 0.4) is 0 Å². The van der Waals surface area contributed by atoms with Crippen molar-refractivity contribution in [1.29, 1.82) is 0 Å². The highest BCUT2D eigenvalue weighted by molar-refractivity contribution is 5.77. The van der Waals surface area contributed by atoms with E-state index >= 15 is 0 Å². The van der Waals surface area contributed by atoms with Gasteiger partial charge >= 0.3 is 0 Å². The summed E-state index contributed by atoms with van der Waals surface area (Å²) in [4.78, 5) is 16.3. The fraction of sp³-hybridized carbons (Fsp3) is 0.933. The van der Waals surface area contributed by atoms with E-state index in [1.54, 1.807) is 0 Å². The Labute approximate surface area is 120 Å². The standard InChI is InChI=1S/C15H26N2O3/c18-14-3-1-2-13(14)16-6-8-17(9-7-16)15(19)11-20-10-12-4-5-12/h12-14,18H,1-11H2. The molecule has 2 unspecified atom stereocenters. The second-order valence-electron chi connectivity index (χ2n) is 6.44. The van der Waals surface area contributed by atoms with E-state index in [4.69, 9.17) is 4.74 Å². The predicted octanol–water partition coefficient (Wildman–Crippen LogP) is 0.471. The molecule has 5 heteroatoms. The fourth-order valence-electron chi connectivity index (χ4n) is 3.34. The van der Waals surface area contributed by atoms with E-state index in [0.29, 0.717) is 12.0 Å². The Balaban J connectivity index is 1.37. The first kappa shape index (κ1) is 14.3. The normalized spacial score (nSPS) is 31.8. The average Bonchev–Trinajstić information content (AvgIpc) is 3.19. The van der Waals surface area contributed by atoms with Crippen LogP contribution in [0.2, 0.25) is 0 Å². The molecule has 0 aromatic heterocycles. The van der Waals surface area contributed by atoms with Crippen LogP contribution >= 0.6 is 0 Å². The molecule has 2 atom stereocenters. The van der Waals surface area contributed by atoms with Gasteiger partial charge in [0.15, 0.2) is 0 Å². The van der Waals surface area contributed by atoms with Gasteiger partial charge in [0.25, 0.3) is 0 Å². The fourth-order valence-corrected chi connectivity index (χ4v) is 3.34. The Morgan fingerprint density at radius 1 is 1.10 bits per heavy atom. The molecule has 3 aliphatic rings. The van der Waals surface area contributed by atoms with Gasteiger partial charge < -0.3 is 14.7 Å². The van der Waals surface area contributed by atoms with Gasteiger partial charge in [-0.15, -0.1) is 0 Å². The van der Waals surface area contributed by atoms with Gasteiger partial charge in [-0.3, -0.25) is 9.69 Å². The quantitative estimate of drug-likeness (QED) is 0.796. The molecule has 3 fully saturated rings. The molecule has 1 heterocycles. The molecule has 1 saturated heterocycles. The molecule has 2 saturated carbocycles. The molecule has 1 N–H and O–H groups in total. The third kappa shape index (κ3) is 3.51. The van der Waals surface area contributed by atoms with Crippen molar-refractivity contribution >= 4 is 5.91 Å². The van der Waals surface area contributed by atoms with Crippen LogP contribution in [0.1, 0.15) is 32.1 Å². The number of carbonyl (C=O) groups is 1. The minimum absolute atomic E-state index is 0.122. The van der Waals surface area contributed by atoms with Crippen LogP contribution in [0.25, 0.3) is 0 Å². The Bertz CT molecular complexity index is 338. The maximum Gasteiger partial charge on any atom is 0.248 e. The van der Waals surface area contributed by atoms with Gasteiger partial charge in [0, 0.05) is 32.2 Å². The molecule has 0 radical (unpaired) electrons. The molecule has 2 aliphatic carbocycles. The third-order valence-electron chi connectivity index (χ3n) is 4.86. The number of hydrogen-bond donors (Lipinski definition) is 1. The molecule has 5 nitrogen and oxygen atoms in total. The summed E-state index contributed by atoms with van der Waals surface area (Å²) in [5.74, 6) is 0.834. The molecule has 0 aromatic rings. The lowest BCUT2D eigenvalue weighted by Gasteiger charge is -2.39. The first-order valence-electron chi connectivity index (χ1n) is 8.01. The molecule has 1 aliphatic heterocycles. The van der Waals surface area contributed by atoms with Crippen molar-refractivity contribution < 1.29 is 14.6 Å². The zero-order valence-corrected chi connectivity index (χ0v) is 12.2. The molecule has 0 bridgehead atoms. The summed E-state index contributed by atoms with van der Waals surface area (Å²) < 4.78 is 5.47. The summed E-state index contributed by atoms with van der Waals surface area (Å²) in [7, 11) is 0. The monoisotopic (exact) mass is 282 g/mol. The smallest absolute Gasteiger partial charge is 0.248 e. The van der Waals surface area contributed by atoms with Crippen LogP contribution in [0.15, 0.2) is 0 Å². The zero-order chi connectivity index (χ0) is 13.9. The number of rotatable bonds is 5. The zero-order valence-electron chi connectivity index (χ0n) is 12.2. The van der Waals surface area contributed by atoms with Crippen molar-refractivity contribution in [2.45, 2.75) is 44.2 Å². The van der Waals surface area contributed by atoms with Crippen LogP contribution in [-0.4, -0.2) is 72.4 Å². The minimum atomic E-state index is -0.167. The molecule has 0 aromatic carbocycles. The largest absolute Gasteiger partial charge is 0.391 e. The Hall–Kier alpha value is -0.650. The Kier molecular flexibility index (Phi) is 4.58. The molecular formula is C15H26N2O3. The number of aliphatic hydroxyl groups is 1. The highest BCUT2D eigenvalue weighted by Crippen LogP contribution is 2.28. The maximum absolute atomic E-state index is 12.0. The lowest BCUT2D eigenvalue weighted by molar-refractivity contribution is -0.138. The van der Waals surface area contributed by atoms with Gasteiger partial charge in [-0.2, -0.15) is 0 Å². The first-order valence-corrected chi connectivity index (χ1v) is 8.01. The van der Waals surface area contributed by atoms with E-state index in [9.17, 15) is 9.90 Å². The van der Waals surface area contributed by atoms with Crippen molar-refractivity contribution in [3.8, 4) is 0 Å². The van der Waals surface area contributed by atoms with Crippen molar-refractivity contribution in [1.82, 2.24) is 9.80 Å². The SMILES string of the molecule is O=C(COCC1CC1)N1CCN(C2CCCC2O)CC1. The topological polar surface area (TPSA) is 53.0 Å². The molecule has 20 heavy (non-hydrogen) atoms.